The summed E-state index contributed by atoms with van der Waals surface area (Å²) in [4.78, 5) is 25.6. The molecule has 5 nitrogen and oxygen atoms in total. The molecule has 0 atom stereocenters. The van der Waals surface area contributed by atoms with Gasteiger partial charge in [0.1, 0.15) is 4.83 Å². The van der Waals surface area contributed by atoms with Crippen LogP contribution in [0.15, 0.2) is 128 Å². The number of pyridine rings is 2. The molecule has 0 fully saturated rings. The molecule has 8 rings (SSSR count). The van der Waals surface area contributed by atoms with E-state index in [-0.39, 0.29) is 0 Å². The molecular formula is C35H21N5S. The predicted molar refractivity (Wildman–Crippen MR) is 168 cm³/mol. The maximum absolute atomic E-state index is 5.06. The van der Waals surface area contributed by atoms with Crippen molar-refractivity contribution in [3.63, 3.8) is 0 Å². The van der Waals surface area contributed by atoms with Gasteiger partial charge < -0.3 is 0 Å². The number of aromatic nitrogens is 5. The number of rotatable bonds is 4. The average molecular weight is 544 g/mol. The van der Waals surface area contributed by atoms with Gasteiger partial charge in [0.2, 0.25) is 0 Å². The number of hydrogen-bond acceptors (Lipinski definition) is 6. The lowest BCUT2D eigenvalue weighted by Gasteiger charge is -2.11. The molecule has 0 spiro atoms. The van der Waals surface area contributed by atoms with Crippen molar-refractivity contribution in [2.24, 2.45) is 0 Å². The molecular weight excluding hydrogens is 522 g/mol. The van der Waals surface area contributed by atoms with E-state index < -0.39 is 0 Å². The predicted octanol–water partition coefficient (Wildman–Crippen LogP) is 8.85. The SMILES string of the molecule is c1ccc(-c2nc(-c3ccccc3)nc(-c3cccc4c(-c5ccc6c(n5)sc5ccccc56)nccc34)n2)cc1. The Morgan fingerprint density at radius 3 is 1.85 bits per heavy atom. The van der Waals surface area contributed by atoms with Gasteiger partial charge in [-0.1, -0.05) is 97.1 Å². The van der Waals surface area contributed by atoms with E-state index in [0.717, 1.165) is 43.7 Å². The van der Waals surface area contributed by atoms with Gasteiger partial charge in [-0.3, -0.25) is 4.98 Å². The fourth-order valence-electron chi connectivity index (χ4n) is 5.27. The molecule has 4 aromatic heterocycles. The summed E-state index contributed by atoms with van der Waals surface area (Å²) in [7, 11) is 0. The van der Waals surface area contributed by atoms with Crippen LogP contribution in [-0.2, 0) is 0 Å². The summed E-state index contributed by atoms with van der Waals surface area (Å²) in [6, 6.07) is 41.0. The van der Waals surface area contributed by atoms with Crippen LogP contribution in [0.4, 0.5) is 0 Å². The number of benzene rings is 4. The van der Waals surface area contributed by atoms with Gasteiger partial charge in [-0.25, -0.2) is 19.9 Å². The first kappa shape index (κ1) is 23.5. The maximum atomic E-state index is 5.06. The monoisotopic (exact) mass is 543 g/mol. The van der Waals surface area contributed by atoms with E-state index in [2.05, 4.69) is 48.5 Å². The summed E-state index contributed by atoms with van der Waals surface area (Å²) in [5, 5.41) is 4.42. The van der Waals surface area contributed by atoms with Crippen LogP contribution >= 0.6 is 11.3 Å². The summed E-state index contributed by atoms with van der Waals surface area (Å²) >= 11 is 1.71. The lowest BCUT2D eigenvalue weighted by atomic mass is 10.0. The number of fused-ring (bicyclic) bond motifs is 4. The third kappa shape index (κ3) is 4.13. The van der Waals surface area contributed by atoms with Gasteiger partial charge in [0.05, 0.1) is 11.4 Å². The highest BCUT2D eigenvalue weighted by Crippen LogP contribution is 2.36. The summed E-state index contributed by atoms with van der Waals surface area (Å²) < 4.78 is 1.23. The van der Waals surface area contributed by atoms with E-state index >= 15 is 0 Å². The van der Waals surface area contributed by atoms with Crippen LogP contribution in [0.5, 0.6) is 0 Å². The fourth-order valence-corrected chi connectivity index (χ4v) is 6.35. The van der Waals surface area contributed by atoms with Crippen molar-refractivity contribution in [3.05, 3.63) is 128 Å². The first-order chi connectivity index (χ1) is 20.3. The van der Waals surface area contributed by atoms with Crippen molar-refractivity contribution < 1.29 is 0 Å². The lowest BCUT2D eigenvalue weighted by molar-refractivity contribution is 1.08. The normalized spacial score (nSPS) is 11.4. The molecule has 0 aliphatic rings. The van der Waals surface area contributed by atoms with Crippen molar-refractivity contribution >= 4 is 42.4 Å². The maximum Gasteiger partial charge on any atom is 0.164 e. The molecule has 6 heteroatoms. The Bertz CT molecular complexity index is 2150. The van der Waals surface area contributed by atoms with Crippen molar-refractivity contribution in [2.45, 2.75) is 0 Å². The zero-order valence-corrected chi connectivity index (χ0v) is 22.6. The smallest absolute Gasteiger partial charge is 0.164 e. The summed E-state index contributed by atoms with van der Waals surface area (Å²) in [6.07, 6.45) is 1.84. The van der Waals surface area contributed by atoms with Gasteiger partial charge in [-0.05, 0) is 29.7 Å². The standard InChI is InChI=1S/C35H21N5S/c1-3-10-22(11-4-1)32-38-33(23-12-5-2-6-13-23)40-34(39-32)27-16-9-15-26-24(27)20-21-36-31(26)29-19-18-28-25-14-7-8-17-30(25)41-35(28)37-29/h1-21H. The Hall–Kier alpha value is -5.33. The molecule has 4 aromatic carbocycles. The Morgan fingerprint density at radius 2 is 1.10 bits per heavy atom. The molecule has 0 N–H and O–H groups in total. The van der Waals surface area contributed by atoms with Crippen LogP contribution in [0.25, 0.3) is 76.6 Å². The fraction of sp³-hybridized carbons (Fsp3) is 0. The minimum Gasteiger partial charge on any atom is -0.254 e. The van der Waals surface area contributed by atoms with Crippen molar-refractivity contribution in [1.82, 2.24) is 24.9 Å². The highest BCUT2D eigenvalue weighted by atomic mass is 32.1. The molecule has 8 aromatic rings. The van der Waals surface area contributed by atoms with Crippen LogP contribution < -0.4 is 0 Å². The highest BCUT2D eigenvalue weighted by molar-refractivity contribution is 7.25. The average Bonchev–Trinajstić information content (AvgIpc) is 3.43. The second-order valence-corrected chi connectivity index (χ2v) is 10.8. The second kappa shape index (κ2) is 9.70. The first-order valence-corrected chi connectivity index (χ1v) is 14.2. The topological polar surface area (TPSA) is 64.5 Å². The minimum absolute atomic E-state index is 0.619. The molecule has 0 bridgehead atoms. The molecule has 0 saturated carbocycles. The minimum atomic E-state index is 0.619. The second-order valence-electron chi connectivity index (χ2n) is 9.75. The molecule has 0 unspecified atom stereocenters. The highest BCUT2D eigenvalue weighted by Gasteiger charge is 2.17. The zero-order chi connectivity index (χ0) is 27.2. The quantitative estimate of drug-likeness (QED) is 0.222. The van der Waals surface area contributed by atoms with E-state index in [4.69, 9.17) is 24.9 Å². The Balaban J connectivity index is 1.32. The molecule has 0 aliphatic carbocycles. The Labute approximate surface area is 239 Å². The van der Waals surface area contributed by atoms with Gasteiger partial charge in [0, 0.05) is 43.7 Å². The third-order valence-electron chi connectivity index (χ3n) is 7.23. The van der Waals surface area contributed by atoms with Crippen molar-refractivity contribution in [1.29, 1.82) is 0 Å². The summed E-state index contributed by atoms with van der Waals surface area (Å²) in [5.74, 6) is 1.89. The van der Waals surface area contributed by atoms with Crippen molar-refractivity contribution in [3.8, 4) is 45.6 Å². The van der Waals surface area contributed by atoms with Crippen LogP contribution in [-0.4, -0.2) is 24.9 Å². The van der Waals surface area contributed by atoms with E-state index in [1.807, 2.05) is 79.0 Å². The lowest BCUT2D eigenvalue weighted by Crippen LogP contribution is -2.00. The summed E-state index contributed by atoms with van der Waals surface area (Å²) in [5.41, 5.74) is 4.49. The molecule has 0 aliphatic heterocycles. The van der Waals surface area contributed by atoms with Gasteiger partial charge in [0.25, 0.3) is 0 Å². The Kier molecular flexibility index (Phi) is 5.57. The first-order valence-electron chi connectivity index (χ1n) is 13.4. The third-order valence-corrected chi connectivity index (χ3v) is 8.31. The van der Waals surface area contributed by atoms with E-state index in [1.165, 1.54) is 15.5 Å². The van der Waals surface area contributed by atoms with E-state index in [9.17, 15) is 0 Å². The van der Waals surface area contributed by atoms with Gasteiger partial charge >= 0.3 is 0 Å². The largest absolute Gasteiger partial charge is 0.254 e. The number of thiophene rings is 1. The number of nitrogens with zero attached hydrogens (tertiary/aromatic N) is 5. The van der Waals surface area contributed by atoms with E-state index in [0.29, 0.717) is 17.5 Å². The van der Waals surface area contributed by atoms with Crippen LogP contribution in [0.1, 0.15) is 0 Å². The molecule has 4 heterocycles. The molecule has 192 valence electrons. The molecule has 0 saturated heterocycles. The summed E-state index contributed by atoms with van der Waals surface area (Å²) in [6.45, 7) is 0. The molecule has 0 radical (unpaired) electrons. The van der Waals surface area contributed by atoms with Gasteiger partial charge in [0.15, 0.2) is 17.5 Å². The Morgan fingerprint density at radius 1 is 0.439 bits per heavy atom. The molecule has 0 amide bonds. The zero-order valence-electron chi connectivity index (χ0n) is 21.8. The van der Waals surface area contributed by atoms with Crippen LogP contribution in [0.2, 0.25) is 0 Å². The van der Waals surface area contributed by atoms with Crippen LogP contribution in [0.3, 0.4) is 0 Å². The van der Waals surface area contributed by atoms with Crippen LogP contribution in [0, 0.1) is 0 Å². The van der Waals surface area contributed by atoms with Crippen molar-refractivity contribution in [2.75, 3.05) is 0 Å². The number of hydrogen-bond donors (Lipinski definition) is 0. The van der Waals surface area contributed by atoms with Gasteiger partial charge in [-0.15, -0.1) is 11.3 Å². The molecule has 41 heavy (non-hydrogen) atoms. The van der Waals surface area contributed by atoms with Gasteiger partial charge in [-0.2, -0.15) is 0 Å². The van der Waals surface area contributed by atoms with E-state index in [1.54, 1.807) is 11.3 Å².